The first-order valence-electron chi connectivity index (χ1n) is 7.45. The molecule has 0 aromatic heterocycles. The number of rotatable bonds is 4. The van der Waals surface area contributed by atoms with Gasteiger partial charge >= 0.3 is 6.61 Å². The summed E-state index contributed by atoms with van der Waals surface area (Å²) < 4.78 is 29.5. The summed E-state index contributed by atoms with van der Waals surface area (Å²) in [5.74, 6) is -0.915. The number of halogens is 2. The van der Waals surface area contributed by atoms with Gasteiger partial charge in [-0.25, -0.2) is 0 Å². The molecule has 0 aliphatic carbocycles. The number of amides is 1. The minimum atomic E-state index is -3.12. The lowest BCUT2D eigenvalue weighted by molar-refractivity contribution is -0.384. The fourth-order valence-electron chi connectivity index (χ4n) is 3.12. The highest BCUT2D eigenvalue weighted by Crippen LogP contribution is 2.29. The third kappa shape index (κ3) is 3.78. The van der Waals surface area contributed by atoms with E-state index in [0.29, 0.717) is 13.1 Å². The summed E-state index contributed by atoms with van der Waals surface area (Å²) in [4.78, 5) is 26.7. The largest absolute Gasteiger partial charge is 0.434 e. The lowest BCUT2D eigenvalue weighted by atomic mass is 10.0. The summed E-state index contributed by atoms with van der Waals surface area (Å²) in [6.45, 7) is 1.80. The third-order valence-electron chi connectivity index (χ3n) is 3.96. The van der Waals surface area contributed by atoms with Crippen molar-refractivity contribution in [1.29, 1.82) is 0 Å². The number of carbonyl (C=O) groups excluding carboxylic acids is 1. The standard InChI is InChI=1S/C15H19F2N3O4/c1-9-7-18(3)8-10(2)19(9)14(21)12-6-11(20(22)23)4-5-13(12)24-15(16)17/h4-6,9-10,15H,7-8H2,1-3H3/t9-,10+. The molecule has 1 aliphatic heterocycles. The predicted octanol–water partition coefficient (Wildman–Crippen LogP) is 2.36. The molecule has 0 bridgehead atoms. The van der Waals surface area contributed by atoms with Crippen molar-refractivity contribution < 1.29 is 23.2 Å². The molecule has 0 saturated carbocycles. The Balaban J connectivity index is 2.42. The number of hydrogen-bond donors (Lipinski definition) is 0. The highest BCUT2D eigenvalue weighted by Gasteiger charge is 2.34. The molecule has 1 aromatic carbocycles. The maximum absolute atomic E-state index is 12.9. The Morgan fingerprint density at radius 1 is 1.33 bits per heavy atom. The second-order valence-electron chi connectivity index (χ2n) is 5.95. The summed E-state index contributed by atoms with van der Waals surface area (Å²) in [6.07, 6.45) is 0. The summed E-state index contributed by atoms with van der Waals surface area (Å²) in [5.41, 5.74) is -0.581. The van der Waals surface area contributed by atoms with Gasteiger partial charge in [-0.3, -0.25) is 14.9 Å². The van der Waals surface area contributed by atoms with Gasteiger partial charge in [0, 0.05) is 37.3 Å². The summed E-state index contributed by atoms with van der Waals surface area (Å²) in [5, 5.41) is 10.9. The summed E-state index contributed by atoms with van der Waals surface area (Å²) in [6, 6.07) is 2.72. The number of carbonyl (C=O) groups is 1. The van der Waals surface area contributed by atoms with E-state index in [9.17, 15) is 23.7 Å². The van der Waals surface area contributed by atoms with Gasteiger partial charge in [-0.15, -0.1) is 0 Å². The van der Waals surface area contributed by atoms with Gasteiger partial charge in [0.05, 0.1) is 10.5 Å². The molecule has 1 saturated heterocycles. The molecule has 7 nitrogen and oxygen atoms in total. The number of ether oxygens (including phenoxy) is 1. The normalized spacial score (nSPS) is 21.8. The van der Waals surface area contributed by atoms with Gasteiger partial charge in [0.25, 0.3) is 11.6 Å². The number of non-ortho nitro benzene ring substituents is 1. The predicted molar refractivity (Wildman–Crippen MR) is 82.3 cm³/mol. The van der Waals surface area contributed by atoms with Crippen LogP contribution < -0.4 is 4.74 Å². The van der Waals surface area contributed by atoms with E-state index in [1.807, 2.05) is 20.9 Å². The van der Waals surface area contributed by atoms with Crippen LogP contribution in [0.1, 0.15) is 24.2 Å². The number of alkyl halides is 2. The van der Waals surface area contributed by atoms with Crippen LogP contribution in [0.25, 0.3) is 0 Å². The second-order valence-corrected chi connectivity index (χ2v) is 5.95. The van der Waals surface area contributed by atoms with Crippen molar-refractivity contribution >= 4 is 11.6 Å². The van der Waals surface area contributed by atoms with E-state index >= 15 is 0 Å². The van der Waals surface area contributed by atoms with E-state index < -0.39 is 17.4 Å². The number of benzene rings is 1. The van der Waals surface area contributed by atoms with Gasteiger partial charge in [0.2, 0.25) is 0 Å². The highest BCUT2D eigenvalue weighted by molar-refractivity contribution is 5.98. The van der Waals surface area contributed by atoms with Crippen LogP contribution in [0.15, 0.2) is 18.2 Å². The van der Waals surface area contributed by atoms with Crippen LogP contribution in [-0.4, -0.2) is 59.5 Å². The van der Waals surface area contributed by atoms with Gasteiger partial charge in [-0.05, 0) is 27.0 Å². The Labute approximate surface area is 137 Å². The van der Waals surface area contributed by atoms with E-state index in [1.165, 1.54) is 0 Å². The van der Waals surface area contributed by atoms with Crippen LogP contribution in [0.4, 0.5) is 14.5 Å². The molecule has 9 heteroatoms. The molecule has 2 atom stereocenters. The Morgan fingerprint density at radius 3 is 2.42 bits per heavy atom. The maximum atomic E-state index is 12.9. The molecule has 0 spiro atoms. The number of hydrogen-bond acceptors (Lipinski definition) is 5. The molecule has 0 radical (unpaired) electrons. The first-order valence-corrected chi connectivity index (χ1v) is 7.45. The molecule has 1 aromatic rings. The zero-order valence-corrected chi connectivity index (χ0v) is 13.6. The molecule has 0 N–H and O–H groups in total. The van der Waals surface area contributed by atoms with Gasteiger partial charge < -0.3 is 14.5 Å². The first kappa shape index (κ1) is 18.1. The third-order valence-corrected chi connectivity index (χ3v) is 3.96. The molecular weight excluding hydrogens is 324 g/mol. The minimum absolute atomic E-state index is 0.162. The van der Waals surface area contributed by atoms with Crippen molar-refractivity contribution in [3.8, 4) is 5.75 Å². The van der Waals surface area contributed by atoms with Crippen molar-refractivity contribution in [2.75, 3.05) is 20.1 Å². The SMILES string of the molecule is C[C@@H]1CN(C)C[C@H](C)N1C(=O)c1cc([N+](=O)[O-])ccc1OC(F)F. The second kappa shape index (κ2) is 7.08. The van der Waals surface area contributed by atoms with Crippen LogP contribution in [0.2, 0.25) is 0 Å². The number of nitro groups is 1. The fraction of sp³-hybridized carbons (Fsp3) is 0.533. The zero-order chi connectivity index (χ0) is 18.0. The van der Waals surface area contributed by atoms with Crippen molar-refractivity contribution in [3.05, 3.63) is 33.9 Å². The fourth-order valence-corrected chi connectivity index (χ4v) is 3.12. The van der Waals surface area contributed by atoms with Crippen molar-refractivity contribution in [3.63, 3.8) is 0 Å². The maximum Gasteiger partial charge on any atom is 0.387 e. The van der Waals surface area contributed by atoms with Gasteiger partial charge in [-0.1, -0.05) is 0 Å². The van der Waals surface area contributed by atoms with E-state index in [4.69, 9.17) is 0 Å². The first-order chi connectivity index (χ1) is 11.2. The van der Waals surface area contributed by atoms with Crippen LogP contribution >= 0.6 is 0 Å². The van der Waals surface area contributed by atoms with E-state index in [2.05, 4.69) is 9.64 Å². The quantitative estimate of drug-likeness (QED) is 0.620. The van der Waals surface area contributed by atoms with E-state index in [0.717, 1.165) is 18.2 Å². The lowest BCUT2D eigenvalue weighted by Crippen LogP contribution is -2.57. The molecular formula is C15H19F2N3O4. The number of piperazine rings is 1. The summed E-state index contributed by atoms with van der Waals surface area (Å²) >= 11 is 0. The molecule has 24 heavy (non-hydrogen) atoms. The van der Waals surface area contributed by atoms with E-state index in [-0.39, 0.29) is 29.1 Å². The average molecular weight is 343 g/mol. The van der Waals surface area contributed by atoms with Crippen LogP contribution in [0.5, 0.6) is 5.75 Å². The number of likely N-dealkylation sites (N-methyl/N-ethyl adjacent to an activating group) is 1. The Kier molecular flexibility index (Phi) is 5.33. The highest BCUT2D eigenvalue weighted by atomic mass is 19.3. The lowest BCUT2D eigenvalue weighted by Gasteiger charge is -2.43. The van der Waals surface area contributed by atoms with Crippen molar-refractivity contribution in [2.45, 2.75) is 32.5 Å². The van der Waals surface area contributed by atoms with Gasteiger partial charge in [-0.2, -0.15) is 8.78 Å². The topological polar surface area (TPSA) is 75.9 Å². The van der Waals surface area contributed by atoms with Gasteiger partial charge in [0.1, 0.15) is 5.75 Å². The Hall–Kier alpha value is -2.29. The van der Waals surface area contributed by atoms with E-state index in [1.54, 1.807) is 4.90 Å². The monoisotopic (exact) mass is 343 g/mol. The molecule has 0 unspecified atom stereocenters. The van der Waals surface area contributed by atoms with Gasteiger partial charge in [0.15, 0.2) is 0 Å². The molecule has 1 aliphatic rings. The molecule has 1 fully saturated rings. The van der Waals surface area contributed by atoms with Crippen LogP contribution in [-0.2, 0) is 0 Å². The number of nitrogens with zero attached hydrogens (tertiary/aromatic N) is 3. The van der Waals surface area contributed by atoms with Crippen LogP contribution in [0, 0.1) is 10.1 Å². The average Bonchev–Trinajstić information content (AvgIpc) is 2.45. The molecule has 2 rings (SSSR count). The van der Waals surface area contributed by atoms with Crippen molar-refractivity contribution in [1.82, 2.24) is 9.80 Å². The Bertz CT molecular complexity index is 629. The van der Waals surface area contributed by atoms with Crippen LogP contribution in [0.3, 0.4) is 0 Å². The smallest absolute Gasteiger partial charge is 0.387 e. The zero-order valence-electron chi connectivity index (χ0n) is 13.6. The number of nitro benzene ring substituents is 1. The molecule has 1 heterocycles. The molecule has 132 valence electrons. The Morgan fingerprint density at radius 2 is 1.92 bits per heavy atom. The molecule has 1 amide bonds. The minimum Gasteiger partial charge on any atom is -0.434 e. The summed E-state index contributed by atoms with van der Waals surface area (Å²) in [7, 11) is 1.92. The van der Waals surface area contributed by atoms with Crippen molar-refractivity contribution in [2.24, 2.45) is 0 Å².